The number of pyridine rings is 1. The summed E-state index contributed by atoms with van der Waals surface area (Å²) in [6, 6.07) is 7.52. The maximum atomic E-state index is 12.7. The van der Waals surface area contributed by atoms with Gasteiger partial charge in [0.15, 0.2) is 0 Å². The Morgan fingerprint density at radius 2 is 2.21 bits per heavy atom. The lowest BCUT2D eigenvalue weighted by molar-refractivity contribution is -0.125. The fourth-order valence-electron chi connectivity index (χ4n) is 2.33. The molecule has 2 rings (SSSR count). The summed E-state index contributed by atoms with van der Waals surface area (Å²) >= 11 is 4.74. The van der Waals surface area contributed by atoms with Crippen molar-refractivity contribution in [3.8, 4) is 5.75 Å². The van der Waals surface area contributed by atoms with Gasteiger partial charge in [0, 0.05) is 16.1 Å². The van der Waals surface area contributed by atoms with Crippen LogP contribution < -0.4 is 10.1 Å². The van der Waals surface area contributed by atoms with Crippen molar-refractivity contribution in [1.29, 1.82) is 0 Å². The second-order valence-electron chi connectivity index (χ2n) is 6.83. The molecule has 8 heteroatoms. The number of fused-ring (bicyclic) bond motifs is 1. The Balaban J connectivity index is 2.00. The summed E-state index contributed by atoms with van der Waals surface area (Å²) in [7, 11) is 0. The van der Waals surface area contributed by atoms with Gasteiger partial charge in [-0.1, -0.05) is 18.5 Å². The number of oxime groups is 1. The van der Waals surface area contributed by atoms with Gasteiger partial charge in [-0.2, -0.15) is 0 Å². The molecule has 2 aromatic rings. The fraction of sp³-hybridized carbons (Fsp3) is 0.450. The number of hydrogen-bond acceptors (Lipinski definition) is 6. The lowest BCUT2D eigenvalue weighted by atomic mass is 10.1. The average Bonchev–Trinajstić information content (AvgIpc) is 2.65. The molecule has 152 valence electrons. The summed E-state index contributed by atoms with van der Waals surface area (Å²) in [5, 5.41) is 7.81. The van der Waals surface area contributed by atoms with Crippen molar-refractivity contribution in [2.24, 2.45) is 5.16 Å². The molecule has 0 radical (unpaired) electrons. The van der Waals surface area contributed by atoms with E-state index in [-0.39, 0.29) is 5.91 Å². The minimum atomic E-state index is -0.689. The highest BCUT2D eigenvalue weighted by atomic mass is 79.9. The maximum Gasteiger partial charge on any atom is 0.272 e. The molecule has 0 aliphatic heterocycles. The van der Waals surface area contributed by atoms with Crippen molar-refractivity contribution >= 4 is 50.7 Å². The highest BCUT2D eigenvalue weighted by molar-refractivity contribution is 9.10. The average molecular weight is 468 g/mol. The van der Waals surface area contributed by atoms with Gasteiger partial charge in [0.1, 0.15) is 12.4 Å². The maximum absolute atomic E-state index is 12.7. The zero-order valence-corrected chi connectivity index (χ0v) is 19.0. The van der Waals surface area contributed by atoms with Crippen LogP contribution in [0.5, 0.6) is 5.75 Å². The molecule has 1 aromatic carbocycles. The van der Waals surface area contributed by atoms with Crippen molar-refractivity contribution < 1.29 is 14.4 Å². The molecule has 28 heavy (non-hydrogen) atoms. The first-order chi connectivity index (χ1) is 13.3. The van der Waals surface area contributed by atoms with E-state index in [1.54, 1.807) is 12.4 Å². The van der Waals surface area contributed by atoms with E-state index in [9.17, 15) is 4.79 Å². The zero-order valence-electron chi connectivity index (χ0n) is 16.6. The van der Waals surface area contributed by atoms with E-state index >= 15 is 0 Å². The summed E-state index contributed by atoms with van der Waals surface area (Å²) in [5.41, 5.74) is -0.480. The Hall–Kier alpha value is -1.80. The van der Waals surface area contributed by atoms with Crippen molar-refractivity contribution in [3.05, 3.63) is 34.9 Å². The lowest BCUT2D eigenvalue weighted by Gasteiger charge is -2.24. The quantitative estimate of drug-likeness (QED) is 0.236. The van der Waals surface area contributed by atoms with Gasteiger partial charge in [0.25, 0.3) is 5.91 Å². The number of carbonyl (C=O) groups excluding carboxylic acids is 1. The van der Waals surface area contributed by atoms with Crippen LogP contribution in [0.3, 0.4) is 0 Å². The minimum absolute atomic E-state index is 0.232. The van der Waals surface area contributed by atoms with Crippen LogP contribution in [0, 0.1) is 0 Å². The monoisotopic (exact) mass is 467 g/mol. The van der Waals surface area contributed by atoms with Crippen LogP contribution >= 0.6 is 27.7 Å². The Kier molecular flexibility index (Phi) is 8.57. The number of hydrogen-bond donors (Lipinski definition) is 1. The van der Waals surface area contributed by atoms with Crippen molar-refractivity contribution in [2.45, 2.75) is 44.6 Å². The molecule has 0 aliphatic carbocycles. The van der Waals surface area contributed by atoms with Gasteiger partial charge in [0.2, 0.25) is 5.44 Å². The predicted octanol–water partition coefficient (Wildman–Crippen LogP) is 4.76. The third-order valence-corrected chi connectivity index (χ3v) is 4.95. The van der Waals surface area contributed by atoms with Gasteiger partial charge < -0.3 is 14.9 Å². The molecule has 6 nitrogen and oxygen atoms in total. The largest absolute Gasteiger partial charge is 0.470 e. The van der Waals surface area contributed by atoms with Crippen LogP contribution in [-0.4, -0.2) is 40.9 Å². The molecule has 1 unspecified atom stereocenters. The molecule has 1 heterocycles. The molecule has 1 amide bonds. The molecular weight excluding hydrogens is 442 g/mol. The Bertz CT molecular complexity index is 829. The molecule has 0 fully saturated rings. The predicted molar refractivity (Wildman–Crippen MR) is 119 cm³/mol. The van der Waals surface area contributed by atoms with Gasteiger partial charge in [-0.25, -0.2) is 0 Å². The number of rotatable bonds is 10. The van der Waals surface area contributed by atoms with E-state index in [0.717, 1.165) is 28.2 Å². The Morgan fingerprint density at radius 1 is 1.43 bits per heavy atom. The van der Waals surface area contributed by atoms with Gasteiger partial charge in [0.05, 0.1) is 17.3 Å². The highest BCUT2D eigenvalue weighted by Gasteiger charge is 2.26. The number of nitrogens with zero attached hydrogens (tertiary/aromatic N) is 2. The number of carbonyl (C=O) groups is 1. The van der Waals surface area contributed by atoms with Crippen LogP contribution in [0.2, 0.25) is 0 Å². The summed E-state index contributed by atoms with van der Waals surface area (Å²) in [5.74, 6) is 0.376. The van der Waals surface area contributed by atoms with Crippen LogP contribution in [0.4, 0.5) is 0 Å². The van der Waals surface area contributed by atoms with Gasteiger partial charge >= 0.3 is 0 Å². The SMILES string of the molecule is CCCCO/N=C/C(C)(C)NC(=O)C(Oc1ccc2ncc(Br)cc2c1)SC. The molecule has 0 spiro atoms. The fourth-order valence-corrected chi connectivity index (χ4v) is 3.16. The van der Waals surface area contributed by atoms with Gasteiger partial charge in [-0.05, 0) is 66.7 Å². The molecule has 0 saturated heterocycles. The van der Waals surface area contributed by atoms with Crippen LogP contribution in [0.1, 0.15) is 33.6 Å². The number of thioether (sulfide) groups is 1. The normalized spacial score (nSPS) is 12.9. The third kappa shape index (κ3) is 6.98. The van der Waals surface area contributed by atoms with Crippen LogP contribution in [-0.2, 0) is 9.63 Å². The number of benzene rings is 1. The number of ether oxygens (including phenoxy) is 1. The highest BCUT2D eigenvalue weighted by Crippen LogP contribution is 2.24. The summed E-state index contributed by atoms with van der Waals surface area (Å²) in [6.07, 6.45) is 7.17. The molecule has 1 atom stereocenters. The van der Waals surface area contributed by atoms with Crippen molar-refractivity contribution in [1.82, 2.24) is 10.3 Å². The van der Waals surface area contributed by atoms with E-state index in [4.69, 9.17) is 9.57 Å². The second-order valence-corrected chi connectivity index (χ2v) is 8.64. The molecule has 1 aromatic heterocycles. The van der Waals surface area contributed by atoms with Crippen LogP contribution in [0.25, 0.3) is 10.9 Å². The van der Waals surface area contributed by atoms with E-state index in [1.165, 1.54) is 11.8 Å². The number of unbranched alkanes of at least 4 members (excludes halogenated alkanes) is 1. The van der Waals surface area contributed by atoms with Gasteiger partial charge in [-0.15, -0.1) is 11.8 Å². The lowest BCUT2D eigenvalue weighted by Crippen LogP contribution is -2.49. The third-order valence-electron chi connectivity index (χ3n) is 3.78. The Labute approximate surface area is 178 Å². The number of amides is 1. The Morgan fingerprint density at radius 3 is 2.93 bits per heavy atom. The van der Waals surface area contributed by atoms with E-state index in [2.05, 4.69) is 38.3 Å². The first-order valence-corrected chi connectivity index (χ1v) is 11.2. The minimum Gasteiger partial charge on any atom is -0.470 e. The van der Waals surface area contributed by atoms with Crippen molar-refractivity contribution in [3.63, 3.8) is 0 Å². The molecule has 0 bridgehead atoms. The molecule has 0 aliphatic rings. The van der Waals surface area contributed by atoms with E-state index < -0.39 is 11.0 Å². The van der Waals surface area contributed by atoms with E-state index in [1.807, 2.05) is 44.4 Å². The first-order valence-electron chi connectivity index (χ1n) is 9.08. The second kappa shape index (κ2) is 10.7. The number of nitrogens with one attached hydrogen (secondary N) is 1. The van der Waals surface area contributed by atoms with Crippen LogP contribution in [0.15, 0.2) is 40.1 Å². The number of halogens is 1. The van der Waals surface area contributed by atoms with E-state index in [0.29, 0.717) is 12.4 Å². The summed E-state index contributed by atoms with van der Waals surface area (Å²) in [6.45, 7) is 6.37. The topological polar surface area (TPSA) is 72.8 Å². The molecule has 0 saturated carbocycles. The van der Waals surface area contributed by atoms with Gasteiger partial charge in [-0.3, -0.25) is 9.78 Å². The summed E-state index contributed by atoms with van der Waals surface area (Å²) < 4.78 is 6.80. The smallest absolute Gasteiger partial charge is 0.272 e. The molecular formula is C20H26BrN3O3S. The summed E-state index contributed by atoms with van der Waals surface area (Å²) in [4.78, 5) is 22.2. The number of aromatic nitrogens is 1. The standard InChI is InChI=1S/C20H26BrN3O3S/c1-5-6-9-26-23-13-20(2,3)24-18(25)19(28-4)27-16-7-8-17-14(11-16)10-15(21)12-22-17/h7-8,10-13,19H,5-6,9H2,1-4H3,(H,24,25)/b23-13+. The molecule has 1 N–H and O–H groups in total. The zero-order chi connectivity index (χ0) is 20.6. The first kappa shape index (κ1) is 22.5. The van der Waals surface area contributed by atoms with Crippen molar-refractivity contribution in [2.75, 3.05) is 12.9 Å².